The zero-order valence-electron chi connectivity index (χ0n) is 16.2. The molecular weight excluding hydrogens is 393 g/mol. The Labute approximate surface area is 171 Å². The number of aromatic nitrogens is 2. The Hall–Kier alpha value is -2.87. The molecule has 1 amide bonds. The first-order valence-corrected chi connectivity index (χ1v) is 10.1. The molecule has 1 saturated heterocycles. The highest BCUT2D eigenvalue weighted by molar-refractivity contribution is 5.97. The number of halogens is 3. The van der Waals surface area contributed by atoms with Gasteiger partial charge in [0, 0.05) is 49.6 Å². The fourth-order valence-electron chi connectivity index (χ4n) is 4.62. The summed E-state index contributed by atoms with van der Waals surface area (Å²) in [5.74, 6) is -2.95. The fourth-order valence-corrected chi connectivity index (χ4v) is 4.62. The van der Waals surface area contributed by atoms with E-state index < -0.39 is 29.4 Å². The van der Waals surface area contributed by atoms with Crippen molar-refractivity contribution in [2.45, 2.75) is 37.8 Å². The molecule has 2 aliphatic heterocycles. The Morgan fingerprint density at radius 1 is 1.03 bits per heavy atom. The third kappa shape index (κ3) is 3.06. The average molecular weight is 414 g/mol. The highest BCUT2D eigenvalue weighted by Gasteiger charge is 2.32. The molecule has 1 aromatic heterocycles. The molecular formula is C22H21F3N4O. The molecule has 30 heavy (non-hydrogen) atoms. The summed E-state index contributed by atoms with van der Waals surface area (Å²) in [6.45, 7) is 1.91. The number of rotatable bonds is 2. The second kappa shape index (κ2) is 7.12. The standard InChI is InChI=1S/C22H21F3N4O/c23-15-10-17(25)16(24)8-13(15)14-9-21-27-19-7-12(22(30)28-5-1-2-6-28)3-4-20(19)29(21)11-18(14)26/h3-4,7-8,10,14,18H,1-2,5-6,9,11,26H2/t14-,18+/m1/s1. The summed E-state index contributed by atoms with van der Waals surface area (Å²) in [7, 11) is 0. The van der Waals surface area contributed by atoms with Crippen molar-refractivity contribution in [1.82, 2.24) is 14.5 Å². The zero-order valence-corrected chi connectivity index (χ0v) is 16.2. The van der Waals surface area contributed by atoms with Crippen LogP contribution in [0, 0.1) is 17.5 Å². The van der Waals surface area contributed by atoms with Crippen LogP contribution < -0.4 is 5.73 Å². The van der Waals surface area contributed by atoms with E-state index in [1.807, 2.05) is 15.5 Å². The minimum Gasteiger partial charge on any atom is -0.339 e. The van der Waals surface area contributed by atoms with E-state index in [1.54, 1.807) is 12.1 Å². The first-order valence-electron chi connectivity index (χ1n) is 10.1. The van der Waals surface area contributed by atoms with Gasteiger partial charge in [0.25, 0.3) is 5.91 Å². The van der Waals surface area contributed by atoms with Gasteiger partial charge in [-0.2, -0.15) is 0 Å². The van der Waals surface area contributed by atoms with Gasteiger partial charge in [-0.3, -0.25) is 4.79 Å². The Kier molecular flexibility index (Phi) is 4.54. The first-order chi connectivity index (χ1) is 14.4. The van der Waals surface area contributed by atoms with Crippen LogP contribution in [0.15, 0.2) is 30.3 Å². The van der Waals surface area contributed by atoms with Crippen molar-refractivity contribution >= 4 is 16.9 Å². The van der Waals surface area contributed by atoms with Gasteiger partial charge in [-0.05, 0) is 42.7 Å². The van der Waals surface area contributed by atoms with Crippen molar-refractivity contribution in [2.24, 2.45) is 5.73 Å². The van der Waals surface area contributed by atoms with Crippen molar-refractivity contribution in [3.05, 3.63) is 64.7 Å². The largest absolute Gasteiger partial charge is 0.339 e. The van der Waals surface area contributed by atoms with E-state index in [-0.39, 0.29) is 11.5 Å². The van der Waals surface area contributed by atoms with Gasteiger partial charge < -0.3 is 15.2 Å². The number of benzene rings is 2. The molecule has 8 heteroatoms. The van der Waals surface area contributed by atoms with Crippen LogP contribution in [0.2, 0.25) is 0 Å². The smallest absolute Gasteiger partial charge is 0.253 e. The van der Waals surface area contributed by atoms with Crippen LogP contribution >= 0.6 is 0 Å². The first kappa shape index (κ1) is 19.1. The van der Waals surface area contributed by atoms with E-state index in [9.17, 15) is 18.0 Å². The summed E-state index contributed by atoms with van der Waals surface area (Å²) >= 11 is 0. The monoisotopic (exact) mass is 414 g/mol. The van der Waals surface area contributed by atoms with Crippen LogP contribution in [-0.4, -0.2) is 39.5 Å². The SMILES string of the molecule is N[C@H]1Cn2c(nc3cc(C(=O)N4CCCC4)ccc32)C[C@@H]1c1cc(F)c(F)cc1F. The second-order valence-electron chi connectivity index (χ2n) is 8.10. The molecule has 3 heterocycles. The van der Waals surface area contributed by atoms with E-state index in [0.717, 1.165) is 37.5 Å². The number of hydrogen-bond acceptors (Lipinski definition) is 3. The molecule has 0 radical (unpaired) electrons. The lowest BCUT2D eigenvalue weighted by molar-refractivity contribution is 0.0793. The van der Waals surface area contributed by atoms with E-state index in [1.165, 1.54) is 0 Å². The number of nitrogens with zero attached hydrogens (tertiary/aromatic N) is 3. The summed E-state index contributed by atoms with van der Waals surface area (Å²) in [5.41, 5.74) is 8.48. The van der Waals surface area contributed by atoms with Gasteiger partial charge in [-0.1, -0.05) is 0 Å². The van der Waals surface area contributed by atoms with Gasteiger partial charge in [0.1, 0.15) is 11.6 Å². The summed E-state index contributed by atoms with van der Waals surface area (Å²) in [5, 5.41) is 0. The van der Waals surface area contributed by atoms with Crippen molar-refractivity contribution in [1.29, 1.82) is 0 Å². The quantitative estimate of drug-likeness (QED) is 0.654. The van der Waals surface area contributed by atoms with Crippen LogP contribution in [0.25, 0.3) is 11.0 Å². The van der Waals surface area contributed by atoms with Gasteiger partial charge in [-0.15, -0.1) is 0 Å². The lowest BCUT2D eigenvalue weighted by atomic mass is 9.86. The van der Waals surface area contributed by atoms with Gasteiger partial charge in [0.15, 0.2) is 11.6 Å². The molecule has 3 aromatic rings. The maximum atomic E-state index is 14.3. The van der Waals surface area contributed by atoms with Crippen molar-refractivity contribution < 1.29 is 18.0 Å². The Balaban J connectivity index is 1.49. The third-order valence-corrected chi connectivity index (χ3v) is 6.22. The Morgan fingerprint density at radius 2 is 1.77 bits per heavy atom. The second-order valence-corrected chi connectivity index (χ2v) is 8.10. The van der Waals surface area contributed by atoms with E-state index in [4.69, 9.17) is 5.73 Å². The van der Waals surface area contributed by atoms with Crippen LogP contribution in [-0.2, 0) is 13.0 Å². The minimum absolute atomic E-state index is 0.00110. The van der Waals surface area contributed by atoms with Gasteiger partial charge in [0.2, 0.25) is 0 Å². The summed E-state index contributed by atoms with van der Waals surface area (Å²) in [4.78, 5) is 19.2. The topological polar surface area (TPSA) is 64.2 Å². The summed E-state index contributed by atoms with van der Waals surface area (Å²) < 4.78 is 43.3. The number of hydrogen-bond donors (Lipinski definition) is 1. The van der Waals surface area contributed by atoms with E-state index in [0.29, 0.717) is 35.9 Å². The number of carbonyl (C=O) groups is 1. The molecule has 2 aromatic carbocycles. The molecule has 5 rings (SSSR count). The molecule has 0 unspecified atom stereocenters. The molecule has 0 saturated carbocycles. The maximum absolute atomic E-state index is 14.3. The molecule has 0 spiro atoms. The fraction of sp³-hybridized carbons (Fsp3) is 0.364. The van der Waals surface area contributed by atoms with E-state index in [2.05, 4.69) is 4.98 Å². The highest BCUT2D eigenvalue weighted by atomic mass is 19.2. The molecule has 2 N–H and O–H groups in total. The molecule has 2 atom stereocenters. The average Bonchev–Trinajstić information content (AvgIpc) is 3.37. The highest BCUT2D eigenvalue weighted by Crippen LogP contribution is 2.33. The number of amides is 1. The molecule has 0 bridgehead atoms. The normalized spacial score (nSPS) is 21.3. The lowest BCUT2D eigenvalue weighted by Crippen LogP contribution is -2.39. The lowest BCUT2D eigenvalue weighted by Gasteiger charge is -2.30. The maximum Gasteiger partial charge on any atom is 0.253 e. The van der Waals surface area contributed by atoms with Gasteiger partial charge in [-0.25, -0.2) is 18.2 Å². The molecule has 1 fully saturated rings. The number of likely N-dealkylation sites (tertiary alicyclic amines) is 1. The van der Waals surface area contributed by atoms with Crippen molar-refractivity contribution in [2.75, 3.05) is 13.1 Å². The predicted octanol–water partition coefficient (Wildman–Crippen LogP) is 3.36. The summed E-state index contributed by atoms with van der Waals surface area (Å²) in [6, 6.07) is 6.40. The number of nitrogens with two attached hydrogens (primary N) is 1. The van der Waals surface area contributed by atoms with Gasteiger partial charge in [0.05, 0.1) is 11.0 Å². The Morgan fingerprint density at radius 3 is 2.53 bits per heavy atom. The zero-order chi connectivity index (χ0) is 21.0. The van der Waals surface area contributed by atoms with Crippen molar-refractivity contribution in [3.8, 4) is 0 Å². The van der Waals surface area contributed by atoms with E-state index >= 15 is 0 Å². The molecule has 2 aliphatic rings. The molecule has 0 aliphatic carbocycles. The summed E-state index contributed by atoms with van der Waals surface area (Å²) in [6.07, 6.45) is 2.34. The van der Waals surface area contributed by atoms with Gasteiger partial charge >= 0.3 is 0 Å². The number of imidazole rings is 1. The third-order valence-electron chi connectivity index (χ3n) is 6.22. The van der Waals surface area contributed by atoms with Crippen LogP contribution in [0.3, 0.4) is 0 Å². The van der Waals surface area contributed by atoms with Crippen molar-refractivity contribution in [3.63, 3.8) is 0 Å². The molecule has 5 nitrogen and oxygen atoms in total. The van der Waals surface area contributed by atoms with Crippen LogP contribution in [0.1, 0.15) is 40.5 Å². The predicted molar refractivity (Wildman–Crippen MR) is 106 cm³/mol. The number of fused-ring (bicyclic) bond motifs is 3. The molecule has 156 valence electrons. The van der Waals surface area contributed by atoms with Crippen LogP contribution in [0.5, 0.6) is 0 Å². The Bertz CT molecular complexity index is 1150. The van der Waals surface area contributed by atoms with Crippen LogP contribution in [0.4, 0.5) is 13.2 Å². The number of carbonyl (C=O) groups excluding carboxylic acids is 1. The minimum atomic E-state index is -1.22.